The Balaban J connectivity index is 2.05. The molecule has 1 aromatic heterocycles. The molecule has 6 nitrogen and oxygen atoms in total. The number of nitrogens with zero attached hydrogens (tertiary/aromatic N) is 2. The van der Waals surface area contributed by atoms with E-state index in [1.165, 1.54) is 26.1 Å². The van der Waals surface area contributed by atoms with Crippen LogP contribution in [0.25, 0.3) is 22.3 Å². The lowest BCUT2D eigenvalue weighted by molar-refractivity contribution is -0.0964. The monoisotopic (exact) mass is 405 g/mol. The zero-order valence-corrected chi connectivity index (χ0v) is 15.8. The first kappa shape index (κ1) is 19.0. The van der Waals surface area contributed by atoms with Crippen LogP contribution in [-0.2, 0) is 12.1 Å². The van der Waals surface area contributed by atoms with Gasteiger partial charge in [0.1, 0.15) is 5.75 Å². The molecule has 1 aliphatic carbocycles. The van der Waals surface area contributed by atoms with E-state index in [1.807, 2.05) is 0 Å². The minimum Gasteiger partial charge on any atom is -0.411 e. The summed E-state index contributed by atoms with van der Waals surface area (Å²) in [4.78, 5) is 4.83. The van der Waals surface area contributed by atoms with E-state index in [0.717, 1.165) is 0 Å². The summed E-state index contributed by atoms with van der Waals surface area (Å²) in [7, 11) is 1.43. The summed E-state index contributed by atoms with van der Waals surface area (Å²) in [6, 6.07) is 9.44. The lowest BCUT2D eigenvalue weighted by atomic mass is 9.90. The number of fused-ring (bicyclic) bond motifs is 3. The SMILES string of the molecule is NOc1cc(-c2cnn(CCO)c2)c2c(c1)C(O)(C(F)(F)P)c1ccccc1-2. The van der Waals surface area contributed by atoms with Crippen LogP contribution >= 0.6 is 9.24 Å². The molecule has 4 rings (SSSR count). The molecule has 0 spiro atoms. The van der Waals surface area contributed by atoms with Gasteiger partial charge in [-0.15, -0.1) is 0 Å². The van der Waals surface area contributed by atoms with E-state index in [0.29, 0.717) is 28.8 Å². The van der Waals surface area contributed by atoms with Crippen molar-refractivity contribution in [2.24, 2.45) is 5.90 Å². The van der Waals surface area contributed by atoms with Crippen molar-refractivity contribution in [3.63, 3.8) is 0 Å². The summed E-state index contributed by atoms with van der Waals surface area (Å²) in [6.07, 6.45) is 3.25. The predicted molar refractivity (Wildman–Crippen MR) is 103 cm³/mol. The van der Waals surface area contributed by atoms with Crippen LogP contribution in [0, 0.1) is 0 Å². The molecular formula is C19H18F2N3O3P. The molecule has 0 bridgehead atoms. The maximum atomic E-state index is 14.6. The second kappa shape index (κ2) is 6.60. The van der Waals surface area contributed by atoms with Crippen LogP contribution in [0.5, 0.6) is 5.75 Å². The van der Waals surface area contributed by atoms with Gasteiger partial charge in [-0.2, -0.15) is 19.8 Å². The molecule has 0 saturated heterocycles. The maximum Gasteiger partial charge on any atom is 0.295 e. The predicted octanol–water partition coefficient (Wildman–Crippen LogP) is 2.48. The highest BCUT2D eigenvalue weighted by Gasteiger charge is 2.57. The van der Waals surface area contributed by atoms with Crippen molar-refractivity contribution in [2.75, 3.05) is 6.61 Å². The normalized spacial score (nSPS) is 18.1. The third-order valence-electron chi connectivity index (χ3n) is 4.98. The Morgan fingerprint density at radius 3 is 2.64 bits per heavy atom. The molecule has 9 heteroatoms. The summed E-state index contributed by atoms with van der Waals surface area (Å²) >= 11 is 0. The molecule has 2 unspecified atom stereocenters. The Kier molecular flexibility index (Phi) is 4.47. The van der Waals surface area contributed by atoms with Crippen LogP contribution in [0.4, 0.5) is 8.78 Å². The van der Waals surface area contributed by atoms with E-state index >= 15 is 0 Å². The largest absolute Gasteiger partial charge is 0.411 e. The fourth-order valence-corrected chi connectivity index (χ4v) is 4.05. The Bertz CT molecular complexity index is 1050. The van der Waals surface area contributed by atoms with E-state index < -0.39 is 11.3 Å². The standard InChI is InChI=1S/C19H18F2N3O3P/c20-19(21,28)18(26)15-4-2-1-3-13(15)17-14(7-12(27-22)8-16(17)18)11-9-23-24(10-11)5-6-25/h1-4,7-10,25-26H,5-6,22,28H2. The molecule has 2 atom stereocenters. The molecule has 0 amide bonds. The summed E-state index contributed by atoms with van der Waals surface area (Å²) in [6.45, 7) is 0.201. The van der Waals surface area contributed by atoms with Gasteiger partial charge in [0.15, 0.2) is 5.60 Å². The third-order valence-corrected chi connectivity index (χ3v) is 5.40. The number of rotatable bonds is 5. The van der Waals surface area contributed by atoms with Gasteiger partial charge in [0.25, 0.3) is 5.66 Å². The van der Waals surface area contributed by atoms with Crippen molar-refractivity contribution < 1.29 is 23.8 Å². The highest BCUT2D eigenvalue weighted by Crippen LogP contribution is 2.59. The Morgan fingerprint density at radius 1 is 1.21 bits per heavy atom. The lowest BCUT2D eigenvalue weighted by Gasteiger charge is -2.31. The molecule has 1 aliphatic rings. The van der Waals surface area contributed by atoms with Crippen molar-refractivity contribution >= 4 is 9.24 Å². The second-order valence-corrected chi connectivity index (χ2v) is 7.33. The van der Waals surface area contributed by atoms with Gasteiger partial charge in [0, 0.05) is 22.9 Å². The summed E-state index contributed by atoms with van der Waals surface area (Å²) < 4.78 is 30.8. The van der Waals surface area contributed by atoms with Crippen molar-refractivity contribution in [2.45, 2.75) is 17.8 Å². The van der Waals surface area contributed by atoms with Crippen LogP contribution in [0.2, 0.25) is 0 Å². The number of aliphatic hydroxyl groups is 2. The maximum absolute atomic E-state index is 14.6. The molecule has 0 radical (unpaired) electrons. The fourth-order valence-electron chi connectivity index (χ4n) is 3.74. The van der Waals surface area contributed by atoms with E-state index in [2.05, 4.69) is 5.10 Å². The summed E-state index contributed by atoms with van der Waals surface area (Å²) in [5.74, 6) is 5.45. The first-order valence-corrected chi connectivity index (χ1v) is 9.07. The number of nitrogens with two attached hydrogens (primary N) is 1. The van der Waals surface area contributed by atoms with E-state index in [-0.39, 0.29) is 23.5 Å². The molecule has 0 aliphatic heterocycles. The molecule has 2 aromatic carbocycles. The number of benzene rings is 2. The third kappa shape index (κ3) is 2.64. The first-order valence-electron chi connectivity index (χ1n) is 8.49. The van der Waals surface area contributed by atoms with Crippen LogP contribution in [0.3, 0.4) is 0 Å². The Morgan fingerprint density at radius 2 is 1.96 bits per heavy atom. The van der Waals surface area contributed by atoms with Crippen LogP contribution in [-0.4, -0.2) is 32.3 Å². The zero-order chi connectivity index (χ0) is 20.1. The number of hydrogen-bond donors (Lipinski definition) is 3. The van der Waals surface area contributed by atoms with Gasteiger partial charge < -0.3 is 15.1 Å². The molecule has 146 valence electrons. The number of aromatic nitrogens is 2. The average Bonchev–Trinajstić information content (AvgIpc) is 3.23. The minimum absolute atomic E-state index is 0.00144. The highest BCUT2D eigenvalue weighted by atomic mass is 31.0. The molecular weight excluding hydrogens is 387 g/mol. The van der Waals surface area contributed by atoms with Gasteiger partial charge in [-0.25, -0.2) is 0 Å². The molecule has 0 saturated carbocycles. The van der Waals surface area contributed by atoms with E-state index in [9.17, 15) is 13.9 Å². The molecule has 4 N–H and O–H groups in total. The van der Waals surface area contributed by atoms with Crippen molar-refractivity contribution in [1.29, 1.82) is 0 Å². The van der Waals surface area contributed by atoms with E-state index in [1.54, 1.807) is 36.7 Å². The van der Waals surface area contributed by atoms with Crippen LogP contribution in [0.15, 0.2) is 48.8 Å². The molecule has 0 fully saturated rings. The van der Waals surface area contributed by atoms with Crippen molar-refractivity contribution in [3.8, 4) is 28.0 Å². The number of halogens is 2. The second-order valence-electron chi connectivity index (χ2n) is 6.61. The van der Waals surface area contributed by atoms with Gasteiger partial charge in [-0.05, 0) is 28.8 Å². The quantitative estimate of drug-likeness (QED) is 0.448. The minimum atomic E-state index is -3.54. The van der Waals surface area contributed by atoms with Crippen molar-refractivity contribution in [3.05, 3.63) is 59.9 Å². The van der Waals surface area contributed by atoms with E-state index in [4.69, 9.17) is 15.8 Å². The highest BCUT2D eigenvalue weighted by molar-refractivity contribution is 7.18. The smallest absolute Gasteiger partial charge is 0.295 e. The Labute approximate surface area is 161 Å². The van der Waals surface area contributed by atoms with Gasteiger partial charge in [0.2, 0.25) is 0 Å². The Hall–Kier alpha value is -2.38. The summed E-state index contributed by atoms with van der Waals surface area (Å²) in [5, 5.41) is 24.5. The number of alkyl halides is 2. The lowest BCUT2D eigenvalue weighted by Crippen LogP contribution is -2.40. The van der Waals surface area contributed by atoms with Gasteiger partial charge in [0.05, 0.1) is 19.3 Å². The average molecular weight is 405 g/mol. The van der Waals surface area contributed by atoms with Gasteiger partial charge in [-0.1, -0.05) is 33.5 Å². The first-order chi connectivity index (χ1) is 13.3. The van der Waals surface area contributed by atoms with Gasteiger partial charge >= 0.3 is 0 Å². The summed E-state index contributed by atoms with van der Waals surface area (Å²) in [5.41, 5.74) is -3.88. The van der Waals surface area contributed by atoms with Gasteiger partial charge in [-0.3, -0.25) is 4.68 Å². The van der Waals surface area contributed by atoms with Crippen LogP contribution in [0.1, 0.15) is 11.1 Å². The molecule has 28 heavy (non-hydrogen) atoms. The van der Waals surface area contributed by atoms with Crippen LogP contribution < -0.4 is 10.7 Å². The zero-order valence-electron chi connectivity index (χ0n) is 14.6. The van der Waals surface area contributed by atoms with Crippen molar-refractivity contribution in [1.82, 2.24) is 9.78 Å². The topological polar surface area (TPSA) is 93.5 Å². The number of aliphatic hydroxyl groups excluding tert-OH is 1. The fraction of sp³-hybridized carbons (Fsp3) is 0.211. The molecule has 1 heterocycles. The molecule has 3 aromatic rings. The number of hydrogen-bond acceptors (Lipinski definition) is 5.